The van der Waals surface area contributed by atoms with Crippen LogP contribution in [-0.4, -0.2) is 24.1 Å². The number of anilines is 2. The van der Waals surface area contributed by atoms with Crippen LogP contribution in [0.25, 0.3) is 5.65 Å². The molecular weight excluding hydrogens is 308 g/mol. The van der Waals surface area contributed by atoms with Crippen molar-refractivity contribution in [3.05, 3.63) is 35.6 Å². The molecule has 3 rings (SSSR count). The minimum Gasteiger partial charge on any atom is -0.335 e. The molecule has 0 aromatic carbocycles. The Morgan fingerprint density at radius 3 is 2.89 bits per heavy atom. The van der Waals surface area contributed by atoms with Gasteiger partial charge in [-0.15, -0.1) is 0 Å². The molecule has 0 saturated heterocycles. The summed E-state index contributed by atoms with van der Waals surface area (Å²) >= 11 is 3.39. The molecule has 0 aliphatic rings. The van der Waals surface area contributed by atoms with Crippen molar-refractivity contribution in [2.45, 2.75) is 19.9 Å². The average molecular weight is 321 g/mol. The third-order valence-corrected chi connectivity index (χ3v) is 3.12. The van der Waals surface area contributed by atoms with E-state index in [0.29, 0.717) is 11.9 Å². The number of rotatable bonds is 3. The molecular formula is C12H13BrN6. The van der Waals surface area contributed by atoms with E-state index < -0.39 is 0 Å². The Balaban J connectivity index is 1.97. The molecule has 0 radical (unpaired) electrons. The molecule has 3 heterocycles. The number of nitrogens with one attached hydrogen (secondary N) is 1. The van der Waals surface area contributed by atoms with E-state index in [0.717, 1.165) is 15.9 Å². The third-order valence-electron chi connectivity index (χ3n) is 2.74. The van der Waals surface area contributed by atoms with Gasteiger partial charge in [-0.2, -0.15) is 5.10 Å². The molecule has 3 aromatic rings. The van der Waals surface area contributed by atoms with E-state index in [1.165, 1.54) is 0 Å². The minimum absolute atomic E-state index is 0.331. The second-order valence-corrected chi connectivity index (χ2v) is 5.31. The average Bonchev–Trinajstić information content (AvgIpc) is 2.96. The maximum Gasteiger partial charge on any atom is 0.180 e. The number of aromatic nitrogens is 5. The number of hydrogen-bond acceptors (Lipinski definition) is 4. The van der Waals surface area contributed by atoms with Gasteiger partial charge in [0.1, 0.15) is 4.60 Å². The lowest BCUT2D eigenvalue weighted by molar-refractivity contribution is 0.532. The van der Waals surface area contributed by atoms with E-state index in [-0.39, 0.29) is 0 Å². The smallest absolute Gasteiger partial charge is 0.180 e. The second kappa shape index (κ2) is 4.65. The fraction of sp³-hybridized carbons (Fsp3) is 0.250. The first-order valence-electron chi connectivity index (χ1n) is 5.94. The third kappa shape index (κ3) is 2.33. The Labute approximate surface area is 118 Å². The predicted octanol–water partition coefficient (Wildman–Crippen LogP) is 3.01. The first kappa shape index (κ1) is 12.2. The zero-order valence-electron chi connectivity index (χ0n) is 10.6. The molecule has 6 nitrogen and oxygen atoms in total. The summed E-state index contributed by atoms with van der Waals surface area (Å²) in [5.74, 6) is 0.697. The van der Waals surface area contributed by atoms with Crippen LogP contribution in [0.4, 0.5) is 11.5 Å². The molecule has 19 heavy (non-hydrogen) atoms. The van der Waals surface area contributed by atoms with Gasteiger partial charge in [0.15, 0.2) is 11.5 Å². The fourth-order valence-corrected chi connectivity index (χ4v) is 2.20. The highest BCUT2D eigenvalue weighted by Gasteiger charge is 2.08. The number of imidazole rings is 1. The zero-order chi connectivity index (χ0) is 13.4. The van der Waals surface area contributed by atoms with Crippen LogP contribution < -0.4 is 5.32 Å². The standard InChI is InChI=1S/C12H13BrN6/c1-8(2)19-6-9(5-15-19)16-11-12-14-3-4-18(12)7-10(13)17-11/h3-8H,1-2H3,(H,16,17). The molecule has 0 fully saturated rings. The lowest BCUT2D eigenvalue weighted by Crippen LogP contribution is -2.00. The van der Waals surface area contributed by atoms with Gasteiger partial charge in [-0.05, 0) is 29.8 Å². The SMILES string of the molecule is CC(C)n1cc(Nc2nc(Br)cn3ccnc23)cn1. The van der Waals surface area contributed by atoms with Crippen molar-refractivity contribution in [1.82, 2.24) is 24.1 Å². The topological polar surface area (TPSA) is 60.0 Å². The van der Waals surface area contributed by atoms with Gasteiger partial charge in [-0.1, -0.05) is 0 Å². The molecule has 0 atom stereocenters. The van der Waals surface area contributed by atoms with Crippen molar-refractivity contribution >= 4 is 33.1 Å². The Kier molecular flexibility index (Phi) is 2.98. The highest BCUT2D eigenvalue weighted by atomic mass is 79.9. The van der Waals surface area contributed by atoms with E-state index >= 15 is 0 Å². The maximum absolute atomic E-state index is 4.41. The van der Waals surface area contributed by atoms with Gasteiger partial charge in [0, 0.05) is 30.8 Å². The van der Waals surface area contributed by atoms with Gasteiger partial charge in [-0.3, -0.25) is 4.68 Å². The Hall–Kier alpha value is -1.89. The molecule has 0 saturated carbocycles. The number of hydrogen-bond donors (Lipinski definition) is 1. The van der Waals surface area contributed by atoms with Crippen molar-refractivity contribution < 1.29 is 0 Å². The van der Waals surface area contributed by atoms with Gasteiger partial charge in [0.2, 0.25) is 0 Å². The summed E-state index contributed by atoms with van der Waals surface area (Å²) in [6, 6.07) is 0.331. The summed E-state index contributed by atoms with van der Waals surface area (Å²) in [5, 5.41) is 7.53. The minimum atomic E-state index is 0.331. The van der Waals surface area contributed by atoms with E-state index in [2.05, 4.69) is 50.2 Å². The van der Waals surface area contributed by atoms with E-state index in [4.69, 9.17) is 0 Å². The van der Waals surface area contributed by atoms with Gasteiger partial charge in [0.25, 0.3) is 0 Å². The van der Waals surface area contributed by atoms with Crippen LogP contribution in [0, 0.1) is 0 Å². The van der Waals surface area contributed by atoms with Crippen LogP contribution in [0.5, 0.6) is 0 Å². The Bertz CT molecular complexity index is 714. The zero-order valence-corrected chi connectivity index (χ0v) is 12.2. The van der Waals surface area contributed by atoms with Gasteiger partial charge < -0.3 is 9.72 Å². The van der Waals surface area contributed by atoms with Crippen LogP contribution in [0.1, 0.15) is 19.9 Å². The maximum atomic E-state index is 4.41. The van der Waals surface area contributed by atoms with E-state index in [9.17, 15) is 0 Å². The summed E-state index contributed by atoms with van der Waals surface area (Å²) in [7, 11) is 0. The molecule has 3 aromatic heterocycles. The van der Waals surface area contributed by atoms with Crippen LogP contribution in [-0.2, 0) is 0 Å². The summed E-state index contributed by atoms with van der Waals surface area (Å²) in [5.41, 5.74) is 1.67. The molecule has 0 unspecified atom stereocenters. The Morgan fingerprint density at radius 2 is 2.16 bits per heavy atom. The largest absolute Gasteiger partial charge is 0.335 e. The molecule has 98 valence electrons. The first-order chi connectivity index (χ1) is 9.13. The lowest BCUT2D eigenvalue weighted by Gasteiger charge is -2.06. The monoisotopic (exact) mass is 320 g/mol. The molecule has 0 aliphatic heterocycles. The van der Waals surface area contributed by atoms with Crippen LogP contribution >= 0.6 is 15.9 Å². The summed E-state index contributed by atoms with van der Waals surface area (Å²) in [4.78, 5) is 8.70. The molecule has 0 bridgehead atoms. The van der Waals surface area contributed by atoms with Gasteiger partial charge >= 0.3 is 0 Å². The Morgan fingerprint density at radius 1 is 1.32 bits per heavy atom. The number of nitrogens with zero attached hydrogens (tertiary/aromatic N) is 5. The normalized spacial score (nSPS) is 11.4. The predicted molar refractivity (Wildman–Crippen MR) is 76.6 cm³/mol. The summed E-state index contributed by atoms with van der Waals surface area (Å²) in [6.07, 6.45) is 9.22. The molecule has 7 heteroatoms. The molecule has 0 aliphatic carbocycles. The van der Waals surface area contributed by atoms with E-state index in [1.807, 2.05) is 27.7 Å². The van der Waals surface area contributed by atoms with Gasteiger partial charge in [-0.25, -0.2) is 9.97 Å². The molecule has 1 N–H and O–H groups in total. The van der Waals surface area contributed by atoms with E-state index in [1.54, 1.807) is 12.4 Å². The van der Waals surface area contributed by atoms with Crippen molar-refractivity contribution in [1.29, 1.82) is 0 Å². The summed E-state index contributed by atoms with van der Waals surface area (Å²) < 4.78 is 4.55. The molecule has 0 amide bonds. The quantitative estimate of drug-likeness (QED) is 0.805. The van der Waals surface area contributed by atoms with Crippen LogP contribution in [0.2, 0.25) is 0 Å². The lowest BCUT2D eigenvalue weighted by atomic mass is 10.4. The number of halogens is 1. The number of fused-ring (bicyclic) bond motifs is 1. The van der Waals surface area contributed by atoms with Crippen LogP contribution in [0.3, 0.4) is 0 Å². The van der Waals surface area contributed by atoms with Gasteiger partial charge in [0.05, 0.1) is 11.9 Å². The highest BCUT2D eigenvalue weighted by molar-refractivity contribution is 9.10. The van der Waals surface area contributed by atoms with Crippen molar-refractivity contribution in [3.63, 3.8) is 0 Å². The van der Waals surface area contributed by atoms with Crippen LogP contribution in [0.15, 0.2) is 35.6 Å². The van der Waals surface area contributed by atoms with Crippen molar-refractivity contribution in [2.24, 2.45) is 0 Å². The first-order valence-corrected chi connectivity index (χ1v) is 6.73. The second-order valence-electron chi connectivity index (χ2n) is 4.50. The van der Waals surface area contributed by atoms with Crippen molar-refractivity contribution in [3.8, 4) is 0 Å². The highest BCUT2D eigenvalue weighted by Crippen LogP contribution is 2.21. The fourth-order valence-electron chi connectivity index (χ4n) is 1.81. The summed E-state index contributed by atoms with van der Waals surface area (Å²) in [6.45, 7) is 4.17. The molecule has 0 spiro atoms. The van der Waals surface area contributed by atoms with Crippen molar-refractivity contribution in [2.75, 3.05) is 5.32 Å².